The lowest BCUT2D eigenvalue weighted by Crippen LogP contribution is -2.43. The van der Waals surface area contributed by atoms with Crippen LogP contribution in [0.1, 0.15) is 36.7 Å². The van der Waals surface area contributed by atoms with E-state index in [0.29, 0.717) is 5.69 Å². The third-order valence-corrected chi connectivity index (χ3v) is 4.74. The largest absolute Gasteiger partial charge is 0.356 e. The number of amides is 1. The number of hydrogen-bond acceptors (Lipinski definition) is 4. The minimum atomic E-state index is -0.0566. The van der Waals surface area contributed by atoms with E-state index in [1.807, 2.05) is 10.8 Å². The normalized spacial score (nSPS) is 21.4. The molecule has 0 aliphatic carbocycles. The molecule has 1 fully saturated rings. The zero-order chi connectivity index (χ0) is 14.9. The highest BCUT2D eigenvalue weighted by atomic mass is 16.1. The van der Waals surface area contributed by atoms with Crippen LogP contribution >= 0.6 is 0 Å². The number of nitrogens with zero attached hydrogens (tertiary/aromatic N) is 3. The van der Waals surface area contributed by atoms with Gasteiger partial charge in [0.05, 0.1) is 0 Å². The molecular formula is C15H25N5O. The van der Waals surface area contributed by atoms with Gasteiger partial charge in [0.15, 0.2) is 0 Å². The van der Waals surface area contributed by atoms with Gasteiger partial charge in [0.1, 0.15) is 5.69 Å². The lowest BCUT2D eigenvalue weighted by Gasteiger charge is -2.37. The first kappa shape index (κ1) is 14.4. The molecule has 6 nitrogen and oxygen atoms in total. The third-order valence-electron chi connectivity index (χ3n) is 4.74. The molecule has 0 saturated carbocycles. The Labute approximate surface area is 125 Å². The zero-order valence-corrected chi connectivity index (χ0v) is 13.0. The van der Waals surface area contributed by atoms with Crippen LogP contribution in [0, 0.1) is 5.41 Å². The number of aryl methyl sites for hydroxylation is 1. The Kier molecular flexibility index (Phi) is 3.89. The summed E-state index contributed by atoms with van der Waals surface area (Å²) < 4.78 is 2.02. The van der Waals surface area contributed by atoms with Crippen LogP contribution in [0.5, 0.6) is 0 Å². The fraction of sp³-hybridized carbons (Fsp3) is 0.733. The molecule has 1 amide bonds. The molecular weight excluding hydrogens is 266 g/mol. The van der Waals surface area contributed by atoms with Crippen LogP contribution in [0.3, 0.4) is 0 Å². The van der Waals surface area contributed by atoms with E-state index in [0.717, 1.165) is 57.9 Å². The highest BCUT2D eigenvalue weighted by Gasteiger charge is 2.29. The number of fused-ring (bicyclic) bond motifs is 1. The summed E-state index contributed by atoms with van der Waals surface area (Å²) in [6, 6.07) is 0. The van der Waals surface area contributed by atoms with Gasteiger partial charge < -0.3 is 20.1 Å². The number of carbonyl (C=O) groups is 1. The van der Waals surface area contributed by atoms with Crippen molar-refractivity contribution in [2.75, 3.05) is 38.5 Å². The second-order valence-electron chi connectivity index (χ2n) is 6.72. The van der Waals surface area contributed by atoms with E-state index >= 15 is 0 Å². The van der Waals surface area contributed by atoms with Gasteiger partial charge in [-0.25, -0.2) is 4.98 Å². The number of likely N-dealkylation sites (tertiary alicyclic amines) is 1. The number of hydrogen-bond donors (Lipinski definition) is 2. The first-order valence-electron chi connectivity index (χ1n) is 7.84. The molecule has 2 aliphatic rings. The van der Waals surface area contributed by atoms with Gasteiger partial charge in [-0.3, -0.25) is 4.79 Å². The van der Waals surface area contributed by atoms with E-state index in [-0.39, 0.29) is 11.3 Å². The van der Waals surface area contributed by atoms with Gasteiger partial charge >= 0.3 is 0 Å². The highest BCUT2D eigenvalue weighted by molar-refractivity contribution is 5.92. The van der Waals surface area contributed by atoms with Gasteiger partial charge in [-0.05, 0) is 44.8 Å². The first-order valence-corrected chi connectivity index (χ1v) is 7.84. The molecule has 1 aromatic rings. The Morgan fingerprint density at radius 3 is 2.90 bits per heavy atom. The van der Waals surface area contributed by atoms with E-state index < -0.39 is 0 Å². The molecule has 3 heterocycles. The predicted octanol–water partition coefficient (Wildman–Crippen LogP) is 1.16. The predicted molar refractivity (Wildman–Crippen MR) is 82.5 cm³/mol. The monoisotopic (exact) mass is 291 g/mol. The molecule has 21 heavy (non-hydrogen) atoms. The van der Waals surface area contributed by atoms with Crippen molar-refractivity contribution in [3.63, 3.8) is 0 Å². The summed E-state index contributed by atoms with van der Waals surface area (Å²) in [6.45, 7) is 7.08. The molecule has 2 N–H and O–H groups in total. The van der Waals surface area contributed by atoms with Crippen LogP contribution in [0.15, 0.2) is 6.20 Å². The summed E-state index contributed by atoms with van der Waals surface area (Å²) in [6.07, 6.45) is 5.19. The molecule has 0 aromatic carbocycles. The molecule has 0 atom stereocenters. The van der Waals surface area contributed by atoms with Crippen molar-refractivity contribution >= 4 is 11.9 Å². The quantitative estimate of drug-likeness (QED) is 0.877. The number of piperidine rings is 1. The van der Waals surface area contributed by atoms with Crippen molar-refractivity contribution in [3.05, 3.63) is 11.9 Å². The summed E-state index contributed by atoms with van der Waals surface area (Å²) in [5.41, 5.74) is 0.732. The highest BCUT2D eigenvalue weighted by Crippen LogP contribution is 2.29. The maximum absolute atomic E-state index is 12.3. The molecule has 0 radical (unpaired) electrons. The standard InChI is InChI=1S/C15H25N5O/c1-15(4-8-19(2)9-5-15)11-17-13(21)12-10-20-7-3-6-16-14(20)18-12/h10H,3-9,11H2,1-2H3,(H,16,18)(H,17,21). The maximum atomic E-state index is 12.3. The average molecular weight is 291 g/mol. The average Bonchev–Trinajstić information content (AvgIpc) is 2.92. The van der Waals surface area contributed by atoms with E-state index in [9.17, 15) is 4.79 Å². The zero-order valence-electron chi connectivity index (χ0n) is 13.0. The smallest absolute Gasteiger partial charge is 0.271 e. The number of aromatic nitrogens is 2. The Bertz CT molecular complexity index is 493. The molecule has 116 valence electrons. The SMILES string of the molecule is CN1CCC(C)(CNC(=O)c2cn3c(n2)NCCC3)CC1. The Morgan fingerprint density at radius 2 is 2.19 bits per heavy atom. The van der Waals surface area contributed by atoms with Gasteiger partial charge in [0.25, 0.3) is 5.91 Å². The first-order chi connectivity index (χ1) is 10.1. The van der Waals surface area contributed by atoms with Gasteiger partial charge in [0.2, 0.25) is 5.95 Å². The number of imidazole rings is 1. The number of rotatable bonds is 3. The molecule has 1 saturated heterocycles. The van der Waals surface area contributed by atoms with Gasteiger partial charge in [0, 0.05) is 25.8 Å². The summed E-state index contributed by atoms with van der Waals surface area (Å²) >= 11 is 0. The topological polar surface area (TPSA) is 62.2 Å². The molecule has 3 rings (SSSR count). The maximum Gasteiger partial charge on any atom is 0.271 e. The molecule has 0 bridgehead atoms. The number of carbonyl (C=O) groups excluding carboxylic acids is 1. The Balaban J connectivity index is 1.58. The van der Waals surface area contributed by atoms with E-state index in [2.05, 4.69) is 34.5 Å². The van der Waals surface area contributed by atoms with E-state index in [1.165, 1.54) is 0 Å². The van der Waals surface area contributed by atoms with Crippen LogP contribution in [0.25, 0.3) is 0 Å². The van der Waals surface area contributed by atoms with Crippen molar-refractivity contribution in [2.45, 2.75) is 32.7 Å². The van der Waals surface area contributed by atoms with Crippen LogP contribution < -0.4 is 10.6 Å². The third kappa shape index (κ3) is 3.20. The summed E-state index contributed by atoms with van der Waals surface area (Å²) in [5.74, 6) is 0.760. The summed E-state index contributed by atoms with van der Waals surface area (Å²) in [4.78, 5) is 19.0. The second-order valence-corrected chi connectivity index (χ2v) is 6.72. The minimum absolute atomic E-state index is 0.0566. The minimum Gasteiger partial charge on any atom is -0.356 e. The fourth-order valence-corrected chi connectivity index (χ4v) is 3.01. The molecule has 0 spiro atoms. The van der Waals surface area contributed by atoms with Gasteiger partial charge in [-0.2, -0.15) is 0 Å². The van der Waals surface area contributed by atoms with Crippen LogP contribution in [0.2, 0.25) is 0 Å². The Morgan fingerprint density at radius 1 is 1.43 bits per heavy atom. The Hall–Kier alpha value is -1.56. The fourth-order valence-electron chi connectivity index (χ4n) is 3.01. The molecule has 1 aromatic heterocycles. The van der Waals surface area contributed by atoms with Crippen LogP contribution in [-0.4, -0.2) is 53.6 Å². The van der Waals surface area contributed by atoms with Crippen molar-refractivity contribution in [2.24, 2.45) is 5.41 Å². The van der Waals surface area contributed by atoms with Crippen LogP contribution in [-0.2, 0) is 6.54 Å². The number of nitrogens with one attached hydrogen (secondary N) is 2. The molecule has 2 aliphatic heterocycles. The van der Waals surface area contributed by atoms with Gasteiger partial charge in [-0.1, -0.05) is 6.92 Å². The second kappa shape index (κ2) is 5.67. The number of anilines is 1. The lowest BCUT2D eigenvalue weighted by atomic mass is 9.80. The van der Waals surface area contributed by atoms with Crippen molar-refractivity contribution in [1.82, 2.24) is 19.8 Å². The van der Waals surface area contributed by atoms with Crippen LogP contribution in [0.4, 0.5) is 5.95 Å². The molecule has 6 heteroatoms. The van der Waals surface area contributed by atoms with E-state index in [1.54, 1.807) is 0 Å². The van der Waals surface area contributed by atoms with E-state index in [4.69, 9.17) is 0 Å². The summed E-state index contributed by atoms with van der Waals surface area (Å²) in [5, 5.41) is 6.29. The van der Waals surface area contributed by atoms with Crippen molar-refractivity contribution in [3.8, 4) is 0 Å². The molecule has 0 unspecified atom stereocenters. The van der Waals surface area contributed by atoms with Gasteiger partial charge in [-0.15, -0.1) is 0 Å². The lowest BCUT2D eigenvalue weighted by molar-refractivity contribution is 0.0887. The summed E-state index contributed by atoms with van der Waals surface area (Å²) in [7, 11) is 2.15. The van der Waals surface area contributed by atoms with Crippen molar-refractivity contribution in [1.29, 1.82) is 0 Å². The van der Waals surface area contributed by atoms with Crippen molar-refractivity contribution < 1.29 is 4.79 Å².